The predicted octanol–water partition coefficient (Wildman–Crippen LogP) is 1.84. The van der Waals surface area contributed by atoms with Crippen LogP contribution in [0.25, 0.3) is 0 Å². The van der Waals surface area contributed by atoms with Crippen LogP contribution in [0.5, 0.6) is 0 Å². The molecule has 1 fully saturated rings. The lowest BCUT2D eigenvalue weighted by molar-refractivity contribution is -0.143. The first-order chi connectivity index (χ1) is 7.92. The van der Waals surface area contributed by atoms with Gasteiger partial charge in [0.15, 0.2) is 0 Å². The number of likely N-dealkylation sites (tertiary alicyclic amines) is 1. The molecule has 0 bridgehead atoms. The summed E-state index contributed by atoms with van der Waals surface area (Å²) in [5, 5.41) is 9.19. The van der Waals surface area contributed by atoms with Gasteiger partial charge in [0, 0.05) is 25.6 Å². The molecule has 0 aromatic carbocycles. The van der Waals surface area contributed by atoms with E-state index in [-0.39, 0.29) is 11.5 Å². The van der Waals surface area contributed by atoms with Crippen molar-refractivity contribution < 1.29 is 14.6 Å². The Balaban J connectivity index is 2.65. The molecule has 100 valence electrons. The van der Waals surface area contributed by atoms with Crippen LogP contribution in [0.2, 0.25) is 0 Å². The second-order valence-electron chi connectivity index (χ2n) is 5.54. The molecular weight excluding hydrogens is 218 g/mol. The zero-order valence-corrected chi connectivity index (χ0v) is 11.4. The van der Waals surface area contributed by atoms with Crippen LogP contribution in [0.1, 0.15) is 34.1 Å². The zero-order chi connectivity index (χ0) is 13.1. The molecule has 2 atom stereocenters. The average molecular weight is 243 g/mol. The zero-order valence-electron chi connectivity index (χ0n) is 11.4. The van der Waals surface area contributed by atoms with Crippen LogP contribution < -0.4 is 0 Å². The summed E-state index contributed by atoms with van der Waals surface area (Å²) < 4.78 is 5.50. The third-order valence-corrected chi connectivity index (χ3v) is 3.81. The van der Waals surface area contributed by atoms with Crippen LogP contribution in [0, 0.1) is 11.3 Å². The molecule has 0 aliphatic carbocycles. The number of rotatable bonds is 6. The SMILES string of the molecule is CCOC[C@H]1CN([C@@H](CC)C(=O)O)CC1(C)C. The van der Waals surface area contributed by atoms with Crippen LogP contribution in [-0.4, -0.2) is 48.3 Å². The number of hydrogen-bond acceptors (Lipinski definition) is 3. The molecule has 4 heteroatoms. The molecule has 0 amide bonds. The maximum Gasteiger partial charge on any atom is 0.320 e. The summed E-state index contributed by atoms with van der Waals surface area (Å²) in [4.78, 5) is 13.3. The highest BCUT2D eigenvalue weighted by Crippen LogP contribution is 2.36. The van der Waals surface area contributed by atoms with Gasteiger partial charge >= 0.3 is 5.97 Å². The molecule has 0 radical (unpaired) electrons. The Bertz CT molecular complexity index is 265. The summed E-state index contributed by atoms with van der Waals surface area (Å²) in [6, 6.07) is -0.346. The summed E-state index contributed by atoms with van der Waals surface area (Å²) in [5.41, 5.74) is 0.137. The minimum atomic E-state index is -0.708. The number of carbonyl (C=O) groups is 1. The molecule has 1 saturated heterocycles. The van der Waals surface area contributed by atoms with Gasteiger partial charge in [-0.15, -0.1) is 0 Å². The lowest BCUT2D eigenvalue weighted by Crippen LogP contribution is -2.40. The van der Waals surface area contributed by atoms with Crippen LogP contribution in [0.3, 0.4) is 0 Å². The molecule has 4 nitrogen and oxygen atoms in total. The Morgan fingerprint density at radius 2 is 2.18 bits per heavy atom. The van der Waals surface area contributed by atoms with Gasteiger partial charge in [0.05, 0.1) is 6.61 Å². The number of nitrogens with zero attached hydrogens (tertiary/aromatic N) is 1. The van der Waals surface area contributed by atoms with Crippen molar-refractivity contribution in [3.63, 3.8) is 0 Å². The molecule has 1 aliphatic rings. The third kappa shape index (κ3) is 3.42. The monoisotopic (exact) mass is 243 g/mol. The molecule has 0 aromatic heterocycles. The Labute approximate surface area is 104 Å². The number of carboxylic acid groups (broad SMARTS) is 1. The minimum Gasteiger partial charge on any atom is -0.480 e. The minimum absolute atomic E-state index is 0.137. The van der Waals surface area contributed by atoms with Crippen molar-refractivity contribution in [3.8, 4) is 0 Å². The van der Waals surface area contributed by atoms with E-state index in [1.54, 1.807) is 0 Å². The normalized spacial score (nSPS) is 26.0. The predicted molar refractivity (Wildman–Crippen MR) is 67.1 cm³/mol. The topological polar surface area (TPSA) is 49.8 Å². The molecular formula is C13H25NO3. The highest BCUT2D eigenvalue weighted by Gasteiger charge is 2.42. The van der Waals surface area contributed by atoms with Gasteiger partial charge in [-0.3, -0.25) is 9.69 Å². The van der Waals surface area contributed by atoms with Crippen molar-refractivity contribution in [3.05, 3.63) is 0 Å². The van der Waals surface area contributed by atoms with Crippen LogP contribution in [-0.2, 0) is 9.53 Å². The van der Waals surface area contributed by atoms with Crippen LogP contribution in [0.4, 0.5) is 0 Å². The number of carboxylic acids is 1. The Morgan fingerprint density at radius 3 is 2.65 bits per heavy atom. The lowest BCUT2D eigenvalue weighted by atomic mass is 9.83. The van der Waals surface area contributed by atoms with E-state index in [4.69, 9.17) is 4.74 Å². The van der Waals surface area contributed by atoms with Crippen molar-refractivity contribution in [1.82, 2.24) is 4.90 Å². The molecule has 1 N–H and O–H groups in total. The molecule has 0 saturated carbocycles. The van der Waals surface area contributed by atoms with Crippen molar-refractivity contribution in [2.24, 2.45) is 11.3 Å². The number of ether oxygens (including phenoxy) is 1. The second-order valence-corrected chi connectivity index (χ2v) is 5.54. The van der Waals surface area contributed by atoms with E-state index in [9.17, 15) is 9.90 Å². The fourth-order valence-electron chi connectivity index (χ4n) is 2.61. The first kappa shape index (κ1) is 14.5. The third-order valence-electron chi connectivity index (χ3n) is 3.81. The van der Waals surface area contributed by atoms with Crippen LogP contribution >= 0.6 is 0 Å². The average Bonchev–Trinajstić information content (AvgIpc) is 2.51. The molecule has 1 rings (SSSR count). The van der Waals surface area contributed by atoms with E-state index >= 15 is 0 Å². The van der Waals surface area contributed by atoms with E-state index in [0.29, 0.717) is 12.3 Å². The number of hydrogen-bond donors (Lipinski definition) is 1. The summed E-state index contributed by atoms with van der Waals surface area (Å²) in [7, 11) is 0. The maximum absolute atomic E-state index is 11.2. The fraction of sp³-hybridized carbons (Fsp3) is 0.923. The fourth-order valence-corrected chi connectivity index (χ4v) is 2.61. The van der Waals surface area contributed by atoms with Gasteiger partial charge in [-0.2, -0.15) is 0 Å². The standard InChI is InChI=1S/C13H25NO3/c1-5-11(12(15)16)14-7-10(8-17-6-2)13(3,4)9-14/h10-11H,5-9H2,1-4H3,(H,15,16)/t10-,11+/m1/s1. The van der Waals surface area contributed by atoms with Gasteiger partial charge < -0.3 is 9.84 Å². The lowest BCUT2D eigenvalue weighted by Gasteiger charge is -2.26. The number of aliphatic carboxylic acids is 1. The van der Waals surface area contributed by atoms with E-state index in [1.807, 2.05) is 13.8 Å². The van der Waals surface area contributed by atoms with E-state index < -0.39 is 5.97 Å². The Hall–Kier alpha value is -0.610. The van der Waals surface area contributed by atoms with E-state index in [0.717, 1.165) is 26.3 Å². The van der Waals surface area contributed by atoms with Gasteiger partial charge in [-0.05, 0) is 18.8 Å². The smallest absolute Gasteiger partial charge is 0.320 e. The highest BCUT2D eigenvalue weighted by molar-refractivity contribution is 5.73. The largest absolute Gasteiger partial charge is 0.480 e. The van der Waals surface area contributed by atoms with Crippen molar-refractivity contribution in [2.75, 3.05) is 26.3 Å². The van der Waals surface area contributed by atoms with Crippen molar-refractivity contribution >= 4 is 5.97 Å². The summed E-state index contributed by atoms with van der Waals surface area (Å²) in [6.07, 6.45) is 0.659. The molecule has 0 aromatic rings. The second kappa shape index (κ2) is 5.83. The van der Waals surface area contributed by atoms with E-state index in [2.05, 4.69) is 18.7 Å². The quantitative estimate of drug-likeness (QED) is 0.773. The van der Waals surface area contributed by atoms with Crippen LogP contribution in [0.15, 0.2) is 0 Å². The Kier molecular flexibility index (Phi) is 4.95. The Morgan fingerprint density at radius 1 is 1.53 bits per heavy atom. The van der Waals surface area contributed by atoms with Gasteiger partial charge in [0.2, 0.25) is 0 Å². The molecule has 1 heterocycles. The summed E-state index contributed by atoms with van der Waals surface area (Å²) in [5.74, 6) is -0.281. The van der Waals surface area contributed by atoms with Gasteiger partial charge in [-0.25, -0.2) is 0 Å². The van der Waals surface area contributed by atoms with Gasteiger partial charge in [-0.1, -0.05) is 20.8 Å². The highest BCUT2D eigenvalue weighted by atomic mass is 16.5. The molecule has 0 unspecified atom stereocenters. The first-order valence-corrected chi connectivity index (χ1v) is 6.47. The van der Waals surface area contributed by atoms with E-state index in [1.165, 1.54) is 0 Å². The molecule has 1 aliphatic heterocycles. The van der Waals surface area contributed by atoms with Gasteiger partial charge in [0.25, 0.3) is 0 Å². The summed E-state index contributed by atoms with van der Waals surface area (Å²) >= 11 is 0. The van der Waals surface area contributed by atoms with Gasteiger partial charge in [0.1, 0.15) is 6.04 Å². The molecule has 17 heavy (non-hydrogen) atoms. The van der Waals surface area contributed by atoms with Crippen molar-refractivity contribution in [2.45, 2.75) is 40.2 Å². The van der Waals surface area contributed by atoms with Crippen molar-refractivity contribution in [1.29, 1.82) is 0 Å². The molecule has 0 spiro atoms. The maximum atomic E-state index is 11.2. The summed E-state index contributed by atoms with van der Waals surface area (Å²) in [6.45, 7) is 11.5. The first-order valence-electron chi connectivity index (χ1n) is 6.47.